The molecule has 1 amide bonds. The van der Waals surface area contributed by atoms with Crippen molar-refractivity contribution in [3.8, 4) is 0 Å². The second-order valence-electron chi connectivity index (χ2n) is 7.28. The van der Waals surface area contributed by atoms with E-state index in [1.807, 2.05) is 69.3 Å². The van der Waals surface area contributed by atoms with Gasteiger partial charge in [-0.2, -0.15) is 0 Å². The van der Waals surface area contributed by atoms with Gasteiger partial charge < -0.3 is 10.4 Å². The molecule has 134 valence electrons. The monoisotopic (exact) mass is 340 g/mol. The van der Waals surface area contributed by atoms with Crippen LogP contribution in [0, 0.1) is 0 Å². The SMILES string of the molecule is CC(C)(C)N(C(=O)O)[C@@H](CNCc1ccccc1)Cc1ccccc1. The van der Waals surface area contributed by atoms with E-state index in [4.69, 9.17) is 0 Å². The van der Waals surface area contributed by atoms with Crippen molar-refractivity contribution in [2.75, 3.05) is 6.54 Å². The zero-order valence-corrected chi connectivity index (χ0v) is 15.3. The van der Waals surface area contributed by atoms with Crippen molar-refractivity contribution in [2.24, 2.45) is 0 Å². The van der Waals surface area contributed by atoms with E-state index in [9.17, 15) is 9.90 Å². The minimum Gasteiger partial charge on any atom is -0.465 e. The summed E-state index contributed by atoms with van der Waals surface area (Å²) in [6.07, 6.45) is -0.193. The van der Waals surface area contributed by atoms with Crippen molar-refractivity contribution >= 4 is 6.09 Å². The molecule has 0 fully saturated rings. The van der Waals surface area contributed by atoms with Crippen molar-refractivity contribution in [3.05, 3.63) is 71.8 Å². The second-order valence-corrected chi connectivity index (χ2v) is 7.28. The molecule has 2 aromatic rings. The lowest BCUT2D eigenvalue weighted by Crippen LogP contribution is -2.55. The highest BCUT2D eigenvalue weighted by atomic mass is 16.4. The average Bonchev–Trinajstić information content (AvgIpc) is 2.55. The Morgan fingerprint density at radius 2 is 1.52 bits per heavy atom. The van der Waals surface area contributed by atoms with Crippen LogP contribution in [0.5, 0.6) is 0 Å². The number of carbonyl (C=O) groups is 1. The highest BCUT2D eigenvalue weighted by molar-refractivity contribution is 5.66. The molecular formula is C21H28N2O2. The predicted molar refractivity (Wildman–Crippen MR) is 102 cm³/mol. The van der Waals surface area contributed by atoms with Crippen LogP contribution in [0.25, 0.3) is 0 Å². The number of amides is 1. The molecule has 0 aliphatic carbocycles. The molecule has 2 aromatic carbocycles. The maximum Gasteiger partial charge on any atom is 0.408 e. The van der Waals surface area contributed by atoms with E-state index in [-0.39, 0.29) is 6.04 Å². The lowest BCUT2D eigenvalue weighted by molar-refractivity contribution is 0.0696. The standard InChI is InChI=1S/C21H28N2O2/c1-21(2,3)23(20(24)25)19(14-17-10-6-4-7-11-17)16-22-15-18-12-8-5-9-13-18/h4-13,19,22H,14-16H2,1-3H3,(H,24,25)/t19-/m1/s1. The summed E-state index contributed by atoms with van der Waals surface area (Å²) in [7, 11) is 0. The highest BCUT2D eigenvalue weighted by Gasteiger charge is 2.33. The van der Waals surface area contributed by atoms with Gasteiger partial charge in [0.15, 0.2) is 0 Å². The van der Waals surface area contributed by atoms with Crippen LogP contribution in [-0.4, -0.2) is 34.2 Å². The molecule has 4 nitrogen and oxygen atoms in total. The van der Waals surface area contributed by atoms with Crippen LogP contribution in [0.3, 0.4) is 0 Å². The molecule has 0 radical (unpaired) electrons. The van der Waals surface area contributed by atoms with Gasteiger partial charge in [-0.1, -0.05) is 60.7 Å². The van der Waals surface area contributed by atoms with E-state index >= 15 is 0 Å². The Labute approximate surface area is 150 Å². The van der Waals surface area contributed by atoms with Gasteiger partial charge in [0.2, 0.25) is 0 Å². The average molecular weight is 340 g/mol. The summed E-state index contributed by atoms with van der Waals surface area (Å²) in [6, 6.07) is 20.1. The molecule has 0 bridgehead atoms. The molecule has 0 heterocycles. The maximum absolute atomic E-state index is 11.9. The van der Waals surface area contributed by atoms with Gasteiger partial charge in [-0.3, -0.25) is 4.90 Å². The van der Waals surface area contributed by atoms with Gasteiger partial charge in [-0.15, -0.1) is 0 Å². The molecule has 1 atom stereocenters. The van der Waals surface area contributed by atoms with Gasteiger partial charge in [0.1, 0.15) is 0 Å². The summed E-state index contributed by atoms with van der Waals surface area (Å²) in [5, 5.41) is 13.2. The largest absolute Gasteiger partial charge is 0.465 e. The Bertz CT molecular complexity index is 651. The molecular weight excluding hydrogens is 312 g/mol. The van der Waals surface area contributed by atoms with Gasteiger partial charge >= 0.3 is 6.09 Å². The second kappa shape index (κ2) is 8.67. The fraction of sp³-hybridized carbons (Fsp3) is 0.381. The summed E-state index contributed by atoms with van der Waals surface area (Å²) in [5.74, 6) is 0. The first-order chi connectivity index (χ1) is 11.9. The topological polar surface area (TPSA) is 52.6 Å². The van der Waals surface area contributed by atoms with Crippen LogP contribution in [0.1, 0.15) is 31.9 Å². The van der Waals surface area contributed by atoms with Gasteiger partial charge in [-0.05, 0) is 38.3 Å². The molecule has 2 rings (SSSR count). The molecule has 4 heteroatoms. The van der Waals surface area contributed by atoms with Gasteiger partial charge in [0.25, 0.3) is 0 Å². The zero-order valence-electron chi connectivity index (χ0n) is 15.3. The van der Waals surface area contributed by atoms with Crippen LogP contribution in [-0.2, 0) is 13.0 Å². The Balaban J connectivity index is 2.11. The molecule has 0 aliphatic rings. The molecule has 0 saturated carbocycles. The number of carboxylic acid groups (broad SMARTS) is 1. The normalized spacial score (nSPS) is 12.6. The van der Waals surface area contributed by atoms with Gasteiger partial charge in [0.05, 0.1) is 6.04 Å². The lowest BCUT2D eigenvalue weighted by Gasteiger charge is -2.40. The van der Waals surface area contributed by atoms with Crippen molar-refractivity contribution in [1.82, 2.24) is 10.2 Å². The first-order valence-electron chi connectivity index (χ1n) is 8.69. The fourth-order valence-electron chi connectivity index (χ4n) is 3.11. The van der Waals surface area contributed by atoms with E-state index in [0.717, 1.165) is 12.1 Å². The minimum absolute atomic E-state index is 0.136. The van der Waals surface area contributed by atoms with E-state index < -0.39 is 11.6 Å². The number of hydrogen-bond acceptors (Lipinski definition) is 2. The van der Waals surface area contributed by atoms with Crippen molar-refractivity contribution < 1.29 is 9.90 Å². The van der Waals surface area contributed by atoms with Crippen LogP contribution < -0.4 is 5.32 Å². The molecule has 0 aromatic heterocycles. The van der Waals surface area contributed by atoms with Gasteiger partial charge in [-0.25, -0.2) is 4.79 Å². The predicted octanol–water partition coefficient (Wildman–Crippen LogP) is 4.17. The van der Waals surface area contributed by atoms with Crippen LogP contribution in [0.2, 0.25) is 0 Å². The Hall–Kier alpha value is -2.33. The number of benzene rings is 2. The Morgan fingerprint density at radius 1 is 1.00 bits per heavy atom. The molecule has 2 N–H and O–H groups in total. The van der Waals surface area contributed by atoms with Crippen molar-refractivity contribution in [3.63, 3.8) is 0 Å². The number of hydrogen-bond donors (Lipinski definition) is 2. The van der Waals surface area contributed by atoms with Crippen molar-refractivity contribution in [2.45, 2.75) is 45.3 Å². The van der Waals surface area contributed by atoms with E-state index in [1.54, 1.807) is 4.90 Å². The number of rotatable bonds is 7. The molecule has 0 saturated heterocycles. The molecule has 0 spiro atoms. The zero-order chi connectivity index (χ0) is 18.3. The third-order valence-electron chi connectivity index (χ3n) is 4.16. The summed E-state index contributed by atoms with van der Waals surface area (Å²) in [4.78, 5) is 13.5. The molecule has 0 unspecified atom stereocenters. The minimum atomic E-state index is -0.880. The van der Waals surface area contributed by atoms with Crippen LogP contribution in [0.15, 0.2) is 60.7 Å². The number of nitrogens with zero attached hydrogens (tertiary/aromatic N) is 1. The Kier molecular flexibility index (Phi) is 6.59. The first-order valence-corrected chi connectivity index (χ1v) is 8.69. The van der Waals surface area contributed by atoms with Gasteiger partial charge in [0, 0.05) is 18.6 Å². The summed E-state index contributed by atoms with van der Waals surface area (Å²) < 4.78 is 0. The third-order valence-corrected chi connectivity index (χ3v) is 4.16. The highest BCUT2D eigenvalue weighted by Crippen LogP contribution is 2.20. The van der Waals surface area contributed by atoms with E-state index in [1.165, 1.54) is 5.56 Å². The lowest BCUT2D eigenvalue weighted by atomic mass is 9.98. The maximum atomic E-state index is 11.9. The summed E-state index contributed by atoms with van der Waals surface area (Å²) in [6.45, 7) is 7.15. The van der Waals surface area contributed by atoms with Crippen molar-refractivity contribution in [1.29, 1.82) is 0 Å². The fourth-order valence-corrected chi connectivity index (χ4v) is 3.11. The smallest absolute Gasteiger partial charge is 0.408 e. The molecule has 25 heavy (non-hydrogen) atoms. The third kappa shape index (κ3) is 5.91. The van der Waals surface area contributed by atoms with E-state index in [2.05, 4.69) is 17.4 Å². The molecule has 0 aliphatic heterocycles. The summed E-state index contributed by atoms with van der Waals surface area (Å²) in [5.41, 5.74) is 1.88. The van der Waals surface area contributed by atoms with Crippen LogP contribution in [0.4, 0.5) is 4.79 Å². The summed E-state index contributed by atoms with van der Waals surface area (Å²) >= 11 is 0. The Morgan fingerprint density at radius 3 is 2.00 bits per heavy atom. The van der Waals surface area contributed by atoms with E-state index in [0.29, 0.717) is 13.0 Å². The van der Waals surface area contributed by atoms with Crippen LogP contribution >= 0.6 is 0 Å². The number of nitrogens with one attached hydrogen (secondary N) is 1. The quantitative estimate of drug-likeness (QED) is 0.795. The first kappa shape index (κ1) is 19.0.